The number of fused-ring (bicyclic) bond motifs is 1. The molecule has 0 spiro atoms. The van der Waals surface area contributed by atoms with Gasteiger partial charge in [-0.25, -0.2) is 9.37 Å². The first-order valence-corrected chi connectivity index (χ1v) is 13.6. The molecule has 10 heteroatoms. The van der Waals surface area contributed by atoms with Crippen LogP contribution in [0.5, 0.6) is 0 Å². The number of rotatable bonds is 8. The summed E-state index contributed by atoms with van der Waals surface area (Å²) in [5.74, 6) is -1.14. The van der Waals surface area contributed by atoms with Gasteiger partial charge in [0.25, 0.3) is 5.91 Å². The van der Waals surface area contributed by atoms with Gasteiger partial charge in [-0.2, -0.15) is 18.4 Å². The lowest BCUT2D eigenvalue weighted by atomic mass is 9.81. The number of hydrogen-bond acceptors (Lipinski definition) is 5. The Morgan fingerprint density at radius 2 is 1.79 bits per heavy atom. The predicted molar refractivity (Wildman–Crippen MR) is 148 cm³/mol. The number of nitrogens with zero attached hydrogens (tertiary/aromatic N) is 2. The normalized spacial score (nSPS) is 14.6. The van der Waals surface area contributed by atoms with Crippen LogP contribution in [-0.2, 0) is 6.42 Å². The summed E-state index contributed by atoms with van der Waals surface area (Å²) in [6.45, 7) is 0. The molecular formula is C32H27F4N3O3. The number of furan rings is 1. The third-order valence-electron chi connectivity index (χ3n) is 7.76. The minimum atomic E-state index is -4.45. The Morgan fingerprint density at radius 3 is 2.43 bits per heavy atom. The minimum absolute atomic E-state index is 0.0433. The first-order valence-electron chi connectivity index (χ1n) is 13.6. The standard InChI is InChI=1S/C32H27F4N3O3/c1-38-29(41)27-24-16-23(20-5-4-6-21(15-20)26(40)17-31(18-37)12-2-3-13-31)25(11-14-32(34,35)36)39-30(24)42-28(27)19-7-9-22(33)10-8-19/h4-10,15-16H,2-3,11-14,17H2,1H3,(H,38,41). The lowest BCUT2D eigenvalue weighted by Crippen LogP contribution is -2.19. The van der Waals surface area contributed by atoms with E-state index in [0.717, 1.165) is 12.8 Å². The summed E-state index contributed by atoms with van der Waals surface area (Å²) in [5, 5.41) is 12.5. The molecule has 2 heterocycles. The number of benzene rings is 2. The molecule has 4 aromatic rings. The number of carbonyl (C=O) groups excluding carboxylic acids is 2. The van der Waals surface area contributed by atoms with Crippen molar-refractivity contribution < 1.29 is 31.6 Å². The lowest BCUT2D eigenvalue weighted by Gasteiger charge is -2.19. The number of nitriles is 1. The van der Waals surface area contributed by atoms with Gasteiger partial charge in [0.1, 0.15) is 11.6 Å². The second-order valence-electron chi connectivity index (χ2n) is 10.6. The number of alkyl halides is 3. The fraction of sp³-hybridized carbons (Fsp3) is 0.312. The van der Waals surface area contributed by atoms with Gasteiger partial charge in [-0.15, -0.1) is 0 Å². The average molecular weight is 578 g/mol. The van der Waals surface area contributed by atoms with Crippen molar-refractivity contribution in [3.63, 3.8) is 0 Å². The van der Waals surface area contributed by atoms with Crippen LogP contribution in [0.1, 0.15) is 64.9 Å². The summed E-state index contributed by atoms with van der Waals surface area (Å²) >= 11 is 0. The van der Waals surface area contributed by atoms with E-state index in [1.165, 1.54) is 31.3 Å². The molecular weight excluding hydrogens is 550 g/mol. The lowest BCUT2D eigenvalue weighted by molar-refractivity contribution is -0.134. The average Bonchev–Trinajstić information content (AvgIpc) is 3.60. The SMILES string of the molecule is CNC(=O)c1c(-c2ccc(F)cc2)oc2nc(CCC(F)(F)F)c(-c3cccc(C(=O)CC4(C#N)CCCC4)c3)cc12. The molecule has 2 aromatic heterocycles. The summed E-state index contributed by atoms with van der Waals surface area (Å²) in [5.41, 5.74) is 0.904. The van der Waals surface area contributed by atoms with Crippen molar-refractivity contribution in [3.8, 4) is 28.5 Å². The number of amides is 1. The number of aryl methyl sites for hydroxylation is 1. The Balaban J connectivity index is 1.65. The van der Waals surface area contributed by atoms with E-state index in [1.807, 2.05) is 0 Å². The largest absolute Gasteiger partial charge is 0.437 e. The monoisotopic (exact) mass is 577 g/mol. The molecule has 5 rings (SSSR count). The topological polar surface area (TPSA) is 96.0 Å². The molecule has 1 aliphatic carbocycles. The van der Waals surface area contributed by atoms with Gasteiger partial charge >= 0.3 is 6.18 Å². The van der Waals surface area contributed by atoms with Crippen LogP contribution in [0.2, 0.25) is 0 Å². The van der Waals surface area contributed by atoms with Crippen molar-refractivity contribution in [1.82, 2.24) is 10.3 Å². The molecule has 0 aliphatic heterocycles. The van der Waals surface area contributed by atoms with Gasteiger partial charge < -0.3 is 9.73 Å². The highest BCUT2D eigenvalue weighted by atomic mass is 19.4. The third-order valence-corrected chi connectivity index (χ3v) is 7.76. The van der Waals surface area contributed by atoms with E-state index in [9.17, 15) is 32.4 Å². The van der Waals surface area contributed by atoms with Gasteiger partial charge in [0.2, 0.25) is 5.71 Å². The van der Waals surface area contributed by atoms with E-state index in [-0.39, 0.29) is 40.3 Å². The van der Waals surface area contributed by atoms with Crippen LogP contribution in [0, 0.1) is 22.6 Å². The Bertz CT molecular complexity index is 1700. The summed E-state index contributed by atoms with van der Waals surface area (Å²) in [6, 6.07) is 15.6. The van der Waals surface area contributed by atoms with Crippen LogP contribution in [0.25, 0.3) is 33.6 Å². The van der Waals surface area contributed by atoms with Gasteiger partial charge in [0.15, 0.2) is 5.78 Å². The maximum absolute atomic E-state index is 13.6. The van der Waals surface area contributed by atoms with E-state index in [0.29, 0.717) is 35.1 Å². The van der Waals surface area contributed by atoms with Crippen LogP contribution in [0.15, 0.2) is 59.0 Å². The van der Waals surface area contributed by atoms with Gasteiger partial charge in [-0.1, -0.05) is 31.0 Å². The maximum Gasteiger partial charge on any atom is 0.389 e. The number of aromatic nitrogens is 1. The van der Waals surface area contributed by atoms with Crippen molar-refractivity contribution in [2.75, 3.05) is 7.05 Å². The van der Waals surface area contributed by atoms with Crippen LogP contribution >= 0.6 is 0 Å². The van der Waals surface area contributed by atoms with Crippen molar-refractivity contribution >= 4 is 22.8 Å². The number of Topliss-reactive ketones (excluding diaryl/α,β-unsaturated/α-hetero) is 1. The smallest absolute Gasteiger partial charge is 0.389 e. The van der Waals surface area contributed by atoms with Gasteiger partial charge in [0.05, 0.1) is 28.1 Å². The quantitative estimate of drug-likeness (QED) is 0.170. The molecule has 0 unspecified atom stereocenters. The zero-order valence-electron chi connectivity index (χ0n) is 22.8. The Hall–Kier alpha value is -4.52. The molecule has 216 valence electrons. The molecule has 1 amide bonds. The van der Waals surface area contributed by atoms with E-state index in [2.05, 4.69) is 16.4 Å². The molecule has 0 radical (unpaired) electrons. The maximum atomic E-state index is 13.6. The number of nitrogens with one attached hydrogen (secondary N) is 1. The third kappa shape index (κ3) is 5.91. The van der Waals surface area contributed by atoms with Crippen molar-refractivity contribution in [3.05, 3.63) is 77.2 Å². The highest BCUT2D eigenvalue weighted by molar-refractivity contribution is 6.11. The number of hydrogen-bond donors (Lipinski definition) is 1. The molecule has 42 heavy (non-hydrogen) atoms. The molecule has 2 aromatic carbocycles. The molecule has 1 fully saturated rings. The Morgan fingerprint density at radius 1 is 1.07 bits per heavy atom. The highest BCUT2D eigenvalue weighted by Gasteiger charge is 2.36. The highest BCUT2D eigenvalue weighted by Crippen LogP contribution is 2.42. The van der Waals surface area contributed by atoms with Gasteiger partial charge in [-0.05, 0) is 61.2 Å². The van der Waals surface area contributed by atoms with Crippen LogP contribution < -0.4 is 5.32 Å². The Kier molecular flexibility index (Phi) is 7.87. The number of carbonyl (C=O) groups is 2. The fourth-order valence-electron chi connectivity index (χ4n) is 5.56. The van der Waals surface area contributed by atoms with Crippen molar-refractivity contribution in [2.24, 2.45) is 5.41 Å². The summed E-state index contributed by atoms with van der Waals surface area (Å²) in [7, 11) is 1.43. The molecule has 1 saturated carbocycles. The van der Waals surface area contributed by atoms with Crippen LogP contribution in [0.3, 0.4) is 0 Å². The van der Waals surface area contributed by atoms with Crippen molar-refractivity contribution in [1.29, 1.82) is 5.26 Å². The molecule has 0 saturated heterocycles. The number of halogens is 4. The summed E-state index contributed by atoms with van der Waals surface area (Å²) in [6.07, 6.45) is -2.93. The van der Waals surface area contributed by atoms with Crippen LogP contribution in [-0.4, -0.2) is 29.9 Å². The fourth-order valence-corrected chi connectivity index (χ4v) is 5.56. The Labute approximate surface area is 239 Å². The molecule has 0 atom stereocenters. The number of ketones is 1. The zero-order chi connectivity index (χ0) is 30.1. The molecule has 6 nitrogen and oxygen atoms in total. The predicted octanol–water partition coefficient (Wildman–Crippen LogP) is 7.81. The zero-order valence-corrected chi connectivity index (χ0v) is 22.8. The van der Waals surface area contributed by atoms with E-state index < -0.39 is 36.2 Å². The van der Waals surface area contributed by atoms with E-state index >= 15 is 0 Å². The minimum Gasteiger partial charge on any atom is -0.437 e. The van der Waals surface area contributed by atoms with Gasteiger partial charge in [-0.3, -0.25) is 9.59 Å². The molecule has 1 aliphatic rings. The first kappa shape index (κ1) is 29.0. The van der Waals surface area contributed by atoms with Crippen LogP contribution in [0.4, 0.5) is 17.6 Å². The van der Waals surface area contributed by atoms with Crippen molar-refractivity contribution in [2.45, 2.75) is 51.1 Å². The van der Waals surface area contributed by atoms with E-state index in [4.69, 9.17) is 4.42 Å². The molecule has 1 N–H and O–H groups in total. The number of pyridine rings is 1. The summed E-state index contributed by atoms with van der Waals surface area (Å²) < 4.78 is 59.4. The van der Waals surface area contributed by atoms with E-state index in [1.54, 1.807) is 30.3 Å². The summed E-state index contributed by atoms with van der Waals surface area (Å²) in [4.78, 5) is 30.7. The van der Waals surface area contributed by atoms with Gasteiger partial charge in [0, 0.05) is 36.6 Å². The second kappa shape index (κ2) is 11.4. The second-order valence-corrected chi connectivity index (χ2v) is 10.6. The molecule has 0 bridgehead atoms. The first-order chi connectivity index (χ1) is 20.0.